The predicted molar refractivity (Wildman–Crippen MR) is 162 cm³/mol. The van der Waals surface area contributed by atoms with Crippen LogP contribution in [0, 0.1) is 11.8 Å². The van der Waals surface area contributed by atoms with E-state index in [1.807, 2.05) is 54.9 Å². The van der Waals surface area contributed by atoms with Crippen LogP contribution < -0.4 is 15.1 Å². The number of anilines is 2. The van der Waals surface area contributed by atoms with Crippen LogP contribution in [0.3, 0.4) is 0 Å². The van der Waals surface area contributed by atoms with Crippen molar-refractivity contribution in [2.45, 2.75) is 32.4 Å². The second-order valence-corrected chi connectivity index (χ2v) is 11.6. The van der Waals surface area contributed by atoms with Crippen molar-refractivity contribution in [3.05, 3.63) is 102 Å². The number of rotatable bonds is 5. The predicted octanol–water partition coefficient (Wildman–Crippen LogP) is 6.89. The van der Waals surface area contributed by atoms with Crippen LogP contribution in [0.1, 0.15) is 43.7 Å². The van der Waals surface area contributed by atoms with Gasteiger partial charge in [0.2, 0.25) is 0 Å². The summed E-state index contributed by atoms with van der Waals surface area (Å²) in [5.74, 6) is 1.50. The third kappa shape index (κ3) is 4.97. The number of hydrogen-bond donors (Lipinski definition) is 2. The number of piperidine rings is 1. The van der Waals surface area contributed by atoms with Crippen molar-refractivity contribution in [1.82, 2.24) is 14.9 Å². The first kappa shape index (κ1) is 25.7. The Kier molecular flexibility index (Phi) is 6.95. The SMILES string of the molecule is C[C@@H]1C[C@H](C)CN(c2ccc(N3C(=S)N[C@H](c4ccccn4)[C@H]3c3cccn3-c3ccc(O)cc3)cc2Cl)C1. The van der Waals surface area contributed by atoms with Gasteiger partial charge in [0, 0.05) is 42.6 Å². The lowest BCUT2D eigenvalue weighted by Gasteiger charge is -2.37. The van der Waals surface area contributed by atoms with Gasteiger partial charge in [-0.2, -0.15) is 0 Å². The van der Waals surface area contributed by atoms with Gasteiger partial charge in [0.15, 0.2) is 5.11 Å². The summed E-state index contributed by atoms with van der Waals surface area (Å²) in [6.07, 6.45) is 5.09. The fraction of sp³-hybridized carbons (Fsp3) is 0.290. The summed E-state index contributed by atoms with van der Waals surface area (Å²) in [6, 6.07) is 23.2. The van der Waals surface area contributed by atoms with Crippen LogP contribution in [0.5, 0.6) is 5.75 Å². The van der Waals surface area contributed by atoms with E-state index in [4.69, 9.17) is 23.8 Å². The molecule has 4 atom stereocenters. The van der Waals surface area contributed by atoms with Crippen molar-refractivity contribution in [2.24, 2.45) is 11.8 Å². The molecule has 0 bridgehead atoms. The lowest BCUT2D eigenvalue weighted by molar-refractivity contribution is 0.357. The Hall–Kier alpha value is -3.55. The summed E-state index contributed by atoms with van der Waals surface area (Å²) in [6.45, 7) is 6.64. The lowest BCUT2D eigenvalue weighted by atomic mass is 9.91. The van der Waals surface area contributed by atoms with E-state index in [9.17, 15) is 5.11 Å². The number of thiocarbonyl (C=S) groups is 1. The monoisotopic (exact) mass is 557 g/mol. The highest BCUT2D eigenvalue weighted by Crippen LogP contribution is 2.44. The molecule has 0 unspecified atom stereocenters. The van der Waals surface area contributed by atoms with Gasteiger partial charge in [0.25, 0.3) is 0 Å². The van der Waals surface area contributed by atoms with E-state index in [1.165, 1.54) is 6.42 Å². The van der Waals surface area contributed by atoms with Crippen molar-refractivity contribution in [3.8, 4) is 11.4 Å². The zero-order chi connectivity index (χ0) is 27.1. The van der Waals surface area contributed by atoms with Crippen LogP contribution in [0.2, 0.25) is 5.02 Å². The number of hydrogen-bond acceptors (Lipinski definition) is 4. The molecule has 2 aliphatic heterocycles. The molecule has 2 aliphatic rings. The van der Waals surface area contributed by atoms with Gasteiger partial charge in [-0.15, -0.1) is 0 Å². The van der Waals surface area contributed by atoms with E-state index in [2.05, 4.69) is 56.7 Å². The number of halogens is 1. The zero-order valence-electron chi connectivity index (χ0n) is 22.0. The molecule has 0 amide bonds. The van der Waals surface area contributed by atoms with Gasteiger partial charge in [0.05, 0.1) is 22.4 Å². The summed E-state index contributed by atoms with van der Waals surface area (Å²) in [5.41, 5.74) is 4.91. The number of nitrogens with zero attached hydrogens (tertiary/aromatic N) is 4. The minimum absolute atomic E-state index is 0.174. The molecule has 0 aliphatic carbocycles. The van der Waals surface area contributed by atoms with Crippen LogP contribution in [0.25, 0.3) is 5.69 Å². The topological polar surface area (TPSA) is 56.6 Å². The average molecular weight is 558 g/mol. The minimum atomic E-state index is -0.187. The normalized spacial score (nSPS) is 23.2. The molecule has 2 saturated heterocycles. The molecule has 39 heavy (non-hydrogen) atoms. The lowest BCUT2D eigenvalue weighted by Crippen LogP contribution is -2.38. The molecular formula is C31H32ClN5OS. The highest BCUT2D eigenvalue weighted by molar-refractivity contribution is 7.80. The van der Waals surface area contributed by atoms with E-state index in [0.29, 0.717) is 16.9 Å². The molecule has 6 nitrogen and oxygen atoms in total. The molecule has 2 N–H and O–H groups in total. The number of aromatic nitrogens is 2. The summed E-state index contributed by atoms with van der Waals surface area (Å²) in [5, 5.41) is 14.7. The summed E-state index contributed by atoms with van der Waals surface area (Å²) < 4.78 is 2.13. The zero-order valence-corrected chi connectivity index (χ0v) is 23.6. The molecule has 4 aromatic rings. The maximum atomic E-state index is 9.85. The van der Waals surface area contributed by atoms with Gasteiger partial charge < -0.3 is 24.8 Å². The Balaban J connectivity index is 1.42. The van der Waals surface area contributed by atoms with Crippen molar-refractivity contribution < 1.29 is 5.11 Å². The van der Waals surface area contributed by atoms with E-state index in [-0.39, 0.29) is 17.8 Å². The summed E-state index contributed by atoms with van der Waals surface area (Å²) in [7, 11) is 0. The van der Waals surface area contributed by atoms with Gasteiger partial charge in [-0.3, -0.25) is 4.98 Å². The summed E-state index contributed by atoms with van der Waals surface area (Å²) in [4.78, 5) is 9.24. The van der Waals surface area contributed by atoms with Gasteiger partial charge in [-0.25, -0.2) is 0 Å². The number of aromatic hydroxyl groups is 1. The molecule has 0 radical (unpaired) electrons. The number of phenols is 1. The van der Waals surface area contributed by atoms with Crippen molar-refractivity contribution in [3.63, 3.8) is 0 Å². The standard InChI is InChI=1S/C31H32ClN5OS/c1-20-16-21(2)19-35(18-20)27-13-10-23(17-25(27)32)37-30(29(34-31(37)39)26-6-3-4-14-33-26)28-7-5-15-36(28)22-8-11-24(38)12-9-22/h3-15,17,20-21,29-30,38H,16,18-19H2,1-2H3,(H,34,39)/t20-,21+,29-,30-/m1/s1. The molecule has 8 heteroatoms. The third-order valence-corrected chi connectivity index (χ3v) is 8.35. The first-order valence-electron chi connectivity index (χ1n) is 13.4. The molecule has 0 saturated carbocycles. The Bertz CT molecular complexity index is 1460. The molecule has 0 spiro atoms. The fourth-order valence-corrected chi connectivity index (χ4v) is 6.82. The van der Waals surface area contributed by atoms with Crippen LogP contribution >= 0.6 is 23.8 Å². The molecule has 200 valence electrons. The Morgan fingerprint density at radius 2 is 1.69 bits per heavy atom. The van der Waals surface area contributed by atoms with Gasteiger partial charge >= 0.3 is 0 Å². The third-order valence-electron chi connectivity index (χ3n) is 7.73. The molecule has 2 aromatic heterocycles. The Labute approximate surface area is 239 Å². The molecule has 2 fully saturated rings. The second kappa shape index (κ2) is 10.5. The first-order chi connectivity index (χ1) is 18.9. The van der Waals surface area contributed by atoms with Crippen molar-refractivity contribution in [1.29, 1.82) is 0 Å². The van der Waals surface area contributed by atoms with Crippen molar-refractivity contribution in [2.75, 3.05) is 22.9 Å². The minimum Gasteiger partial charge on any atom is -0.508 e. The van der Waals surface area contributed by atoms with Gasteiger partial charge in [-0.1, -0.05) is 31.5 Å². The Morgan fingerprint density at radius 3 is 2.38 bits per heavy atom. The van der Waals surface area contributed by atoms with Crippen LogP contribution in [0.15, 0.2) is 85.2 Å². The maximum absolute atomic E-state index is 9.85. The molecule has 6 rings (SSSR count). The average Bonchev–Trinajstić information content (AvgIpc) is 3.53. The first-order valence-corrected chi connectivity index (χ1v) is 14.2. The second-order valence-electron chi connectivity index (χ2n) is 10.8. The molecular weight excluding hydrogens is 526 g/mol. The van der Waals surface area contributed by atoms with E-state index in [0.717, 1.165) is 46.6 Å². The smallest absolute Gasteiger partial charge is 0.174 e. The van der Waals surface area contributed by atoms with Crippen LogP contribution in [-0.2, 0) is 0 Å². The fourth-order valence-electron chi connectivity index (χ4n) is 6.18. The van der Waals surface area contributed by atoms with E-state index >= 15 is 0 Å². The van der Waals surface area contributed by atoms with Gasteiger partial charge in [-0.05, 0) is 97.2 Å². The largest absolute Gasteiger partial charge is 0.508 e. The Morgan fingerprint density at radius 1 is 0.949 bits per heavy atom. The quantitative estimate of drug-likeness (QED) is 0.261. The number of pyridine rings is 1. The van der Waals surface area contributed by atoms with Crippen molar-refractivity contribution >= 4 is 40.3 Å². The number of phenolic OH excluding ortho intramolecular Hbond substituents is 1. The highest BCUT2D eigenvalue weighted by Gasteiger charge is 2.42. The summed E-state index contributed by atoms with van der Waals surface area (Å²) >= 11 is 12.9. The van der Waals surface area contributed by atoms with Crippen LogP contribution in [0.4, 0.5) is 11.4 Å². The highest BCUT2D eigenvalue weighted by atomic mass is 35.5. The maximum Gasteiger partial charge on any atom is 0.174 e. The molecule has 4 heterocycles. The van der Waals surface area contributed by atoms with Gasteiger partial charge in [0.1, 0.15) is 11.8 Å². The van der Waals surface area contributed by atoms with E-state index in [1.54, 1.807) is 12.1 Å². The van der Waals surface area contributed by atoms with E-state index < -0.39 is 0 Å². The number of benzene rings is 2. The number of nitrogens with one attached hydrogen (secondary N) is 1. The van der Waals surface area contributed by atoms with Crippen LogP contribution in [-0.4, -0.2) is 32.9 Å². The molecule has 2 aromatic carbocycles.